The second-order valence-electron chi connectivity index (χ2n) is 6.91. The number of aromatic nitrogens is 2. The molecule has 2 aromatic carbocycles. The maximum atomic E-state index is 13.5. The molecule has 4 aromatic rings. The molecule has 5 nitrogen and oxygen atoms in total. The lowest BCUT2D eigenvalue weighted by Gasteiger charge is -2.09. The fourth-order valence-corrected chi connectivity index (χ4v) is 4.45. The first-order chi connectivity index (χ1) is 14.3. The SMILES string of the molecule is Cc1c(Cl)cccc1NC(=O)c1sc2ncn(Cc3cccc(F)c3)c(=O)c2c1C. The van der Waals surface area contributed by atoms with Gasteiger partial charge in [0.1, 0.15) is 10.6 Å². The van der Waals surface area contributed by atoms with Gasteiger partial charge in [0.15, 0.2) is 0 Å². The molecule has 2 heterocycles. The predicted molar refractivity (Wildman–Crippen MR) is 118 cm³/mol. The van der Waals surface area contributed by atoms with Crippen LogP contribution in [0.2, 0.25) is 5.02 Å². The molecule has 0 aliphatic carbocycles. The highest BCUT2D eigenvalue weighted by Crippen LogP contribution is 2.29. The van der Waals surface area contributed by atoms with Gasteiger partial charge in [-0.05, 0) is 54.8 Å². The lowest BCUT2D eigenvalue weighted by atomic mass is 10.1. The number of fused-ring (bicyclic) bond motifs is 1. The highest BCUT2D eigenvalue weighted by Gasteiger charge is 2.20. The molecule has 2 aromatic heterocycles. The second kappa shape index (κ2) is 8.01. The van der Waals surface area contributed by atoms with Gasteiger partial charge in [0.25, 0.3) is 11.5 Å². The highest BCUT2D eigenvalue weighted by molar-refractivity contribution is 7.20. The molecule has 0 aliphatic heterocycles. The van der Waals surface area contributed by atoms with Gasteiger partial charge < -0.3 is 5.32 Å². The average Bonchev–Trinajstić information content (AvgIpc) is 3.05. The van der Waals surface area contributed by atoms with Crippen LogP contribution in [0.1, 0.15) is 26.4 Å². The molecule has 0 aliphatic rings. The summed E-state index contributed by atoms with van der Waals surface area (Å²) in [7, 11) is 0. The fourth-order valence-electron chi connectivity index (χ4n) is 3.24. The Kier molecular flexibility index (Phi) is 5.40. The van der Waals surface area contributed by atoms with Gasteiger partial charge in [-0.1, -0.05) is 29.8 Å². The molecule has 152 valence electrons. The van der Waals surface area contributed by atoms with Crippen LogP contribution in [0.25, 0.3) is 10.2 Å². The van der Waals surface area contributed by atoms with E-state index in [0.29, 0.717) is 36.9 Å². The van der Waals surface area contributed by atoms with Crippen LogP contribution >= 0.6 is 22.9 Å². The Balaban J connectivity index is 1.70. The minimum Gasteiger partial charge on any atom is -0.321 e. The van der Waals surface area contributed by atoms with Crippen molar-refractivity contribution in [2.45, 2.75) is 20.4 Å². The number of rotatable bonds is 4. The van der Waals surface area contributed by atoms with Gasteiger partial charge in [0.2, 0.25) is 0 Å². The lowest BCUT2D eigenvalue weighted by molar-refractivity contribution is 0.103. The first kappa shape index (κ1) is 20.3. The summed E-state index contributed by atoms with van der Waals surface area (Å²) in [4.78, 5) is 31.1. The van der Waals surface area contributed by atoms with Crippen LogP contribution in [0.5, 0.6) is 0 Å². The van der Waals surface area contributed by atoms with Crippen molar-refractivity contribution >= 4 is 44.7 Å². The van der Waals surface area contributed by atoms with Gasteiger partial charge in [0.05, 0.1) is 23.1 Å². The average molecular weight is 442 g/mol. The fraction of sp³-hybridized carbons (Fsp3) is 0.136. The largest absolute Gasteiger partial charge is 0.321 e. The molecule has 0 unspecified atom stereocenters. The van der Waals surface area contributed by atoms with E-state index in [4.69, 9.17) is 11.6 Å². The van der Waals surface area contributed by atoms with E-state index in [1.807, 2.05) is 6.92 Å². The van der Waals surface area contributed by atoms with Crippen molar-refractivity contribution in [3.63, 3.8) is 0 Å². The van der Waals surface area contributed by atoms with Crippen LogP contribution in [-0.2, 0) is 6.54 Å². The molecule has 8 heteroatoms. The number of carbonyl (C=O) groups is 1. The smallest absolute Gasteiger partial charge is 0.266 e. The molecule has 0 fully saturated rings. The summed E-state index contributed by atoms with van der Waals surface area (Å²) in [5.74, 6) is -0.687. The third kappa shape index (κ3) is 3.74. The van der Waals surface area contributed by atoms with E-state index in [1.54, 1.807) is 37.3 Å². The molecule has 0 radical (unpaired) electrons. The van der Waals surface area contributed by atoms with E-state index in [-0.39, 0.29) is 23.8 Å². The van der Waals surface area contributed by atoms with E-state index in [2.05, 4.69) is 10.3 Å². The van der Waals surface area contributed by atoms with Crippen LogP contribution in [0.3, 0.4) is 0 Å². The molecule has 4 rings (SSSR count). The van der Waals surface area contributed by atoms with E-state index >= 15 is 0 Å². The second-order valence-corrected chi connectivity index (χ2v) is 8.32. The number of thiophene rings is 1. The number of benzene rings is 2. The minimum atomic E-state index is -0.364. The summed E-state index contributed by atoms with van der Waals surface area (Å²) in [5, 5.41) is 3.81. The minimum absolute atomic E-state index is 0.193. The van der Waals surface area contributed by atoms with Gasteiger partial charge in [-0.25, -0.2) is 9.37 Å². The van der Waals surface area contributed by atoms with Gasteiger partial charge in [-0.3, -0.25) is 14.2 Å². The topological polar surface area (TPSA) is 64.0 Å². The first-order valence-corrected chi connectivity index (χ1v) is 10.3. The molecule has 0 saturated heterocycles. The third-order valence-electron chi connectivity index (χ3n) is 4.88. The van der Waals surface area contributed by atoms with E-state index in [9.17, 15) is 14.0 Å². The quantitative estimate of drug-likeness (QED) is 0.475. The number of nitrogens with one attached hydrogen (secondary N) is 1. The summed E-state index contributed by atoms with van der Waals surface area (Å²) in [6, 6.07) is 11.3. The predicted octanol–water partition coefficient (Wildman–Crippen LogP) is 5.17. The zero-order chi connectivity index (χ0) is 21.4. The number of anilines is 1. The molecule has 1 amide bonds. The van der Waals surface area contributed by atoms with Crippen LogP contribution in [0, 0.1) is 19.7 Å². The van der Waals surface area contributed by atoms with Crippen molar-refractivity contribution in [3.05, 3.63) is 91.6 Å². The molecule has 0 bridgehead atoms. The number of hydrogen-bond acceptors (Lipinski definition) is 4. The summed E-state index contributed by atoms with van der Waals surface area (Å²) >= 11 is 7.29. The van der Waals surface area contributed by atoms with Crippen LogP contribution in [-0.4, -0.2) is 15.5 Å². The van der Waals surface area contributed by atoms with Crippen LogP contribution in [0.15, 0.2) is 53.6 Å². The first-order valence-electron chi connectivity index (χ1n) is 9.14. The van der Waals surface area contributed by atoms with Gasteiger partial charge in [-0.2, -0.15) is 0 Å². The van der Waals surface area contributed by atoms with Gasteiger partial charge in [0, 0.05) is 10.7 Å². The van der Waals surface area contributed by atoms with Crippen molar-refractivity contribution in [3.8, 4) is 0 Å². The van der Waals surface area contributed by atoms with Crippen molar-refractivity contribution in [2.75, 3.05) is 5.32 Å². The van der Waals surface area contributed by atoms with E-state index in [0.717, 1.165) is 16.9 Å². The molecular weight excluding hydrogens is 425 g/mol. The Morgan fingerprint density at radius 3 is 2.73 bits per heavy atom. The zero-order valence-corrected chi connectivity index (χ0v) is 17.8. The van der Waals surface area contributed by atoms with E-state index in [1.165, 1.54) is 23.0 Å². The Morgan fingerprint density at radius 1 is 1.20 bits per heavy atom. The highest BCUT2D eigenvalue weighted by atomic mass is 35.5. The maximum absolute atomic E-state index is 13.5. The molecule has 0 saturated carbocycles. The van der Waals surface area contributed by atoms with Crippen LogP contribution in [0.4, 0.5) is 10.1 Å². The summed E-state index contributed by atoms with van der Waals surface area (Å²) in [6.07, 6.45) is 1.42. The molecule has 30 heavy (non-hydrogen) atoms. The van der Waals surface area contributed by atoms with Crippen molar-refractivity contribution in [2.24, 2.45) is 0 Å². The number of nitrogens with zero attached hydrogens (tertiary/aromatic N) is 2. The molecule has 0 spiro atoms. The zero-order valence-electron chi connectivity index (χ0n) is 16.2. The van der Waals surface area contributed by atoms with E-state index < -0.39 is 0 Å². The number of carbonyl (C=O) groups excluding carboxylic acids is 1. The standard InChI is InChI=1S/C22H17ClFN3O2S/c1-12-16(23)7-4-8-17(12)26-20(28)19-13(2)18-21(30-19)25-11-27(22(18)29)10-14-5-3-6-15(24)9-14/h3-9,11H,10H2,1-2H3,(H,26,28). The Bertz CT molecular complexity index is 1350. The Labute approximate surface area is 180 Å². The Hall–Kier alpha value is -3.03. The monoisotopic (exact) mass is 441 g/mol. The molecular formula is C22H17ClFN3O2S. The molecule has 0 atom stereocenters. The number of halogens is 2. The van der Waals surface area contributed by atoms with Crippen LogP contribution < -0.4 is 10.9 Å². The van der Waals surface area contributed by atoms with Crippen molar-refractivity contribution in [1.29, 1.82) is 0 Å². The normalized spacial score (nSPS) is 11.1. The number of amides is 1. The number of hydrogen-bond donors (Lipinski definition) is 1. The van der Waals surface area contributed by atoms with Gasteiger partial charge >= 0.3 is 0 Å². The number of aryl methyl sites for hydroxylation is 1. The van der Waals surface area contributed by atoms with Crippen molar-refractivity contribution in [1.82, 2.24) is 9.55 Å². The lowest BCUT2D eigenvalue weighted by Crippen LogP contribution is -2.21. The summed E-state index contributed by atoms with van der Waals surface area (Å²) < 4.78 is 14.9. The van der Waals surface area contributed by atoms with Gasteiger partial charge in [-0.15, -0.1) is 11.3 Å². The summed E-state index contributed by atoms with van der Waals surface area (Å²) in [5.41, 5.74) is 2.33. The Morgan fingerprint density at radius 2 is 1.97 bits per heavy atom. The summed E-state index contributed by atoms with van der Waals surface area (Å²) in [6.45, 7) is 3.74. The maximum Gasteiger partial charge on any atom is 0.266 e. The third-order valence-corrected chi connectivity index (χ3v) is 6.49. The molecule has 1 N–H and O–H groups in total. The van der Waals surface area contributed by atoms with Crippen molar-refractivity contribution < 1.29 is 9.18 Å².